The maximum Gasteiger partial charge on any atom is 0.246 e. The van der Waals surface area contributed by atoms with Gasteiger partial charge in [-0.3, -0.25) is 14.4 Å². The van der Waals surface area contributed by atoms with Crippen LogP contribution in [-0.4, -0.2) is 30.9 Å². The largest absolute Gasteiger partial charge is 0.300 e. The first-order valence-electron chi connectivity index (χ1n) is 3.80. The molecule has 1 unspecified atom stereocenters. The van der Waals surface area contributed by atoms with E-state index in [0.717, 1.165) is 5.06 Å². The first-order valence-corrected chi connectivity index (χ1v) is 3.80. The van der Waals surface area contributed by atoms with Gasteiger partial charge >= 0.3 is 0 Å². The molecule has 0 radical (unpaired) electrons. The topological polar surface area (TPSA) is 46.6 Å². The molecule has 1 amide bonds. The molecule has 12 heavy (non-hydrogen) atoms. The second kappa shape index (κ2) is 4.87. The Labute approximate surface area is 72.4 Å². The van der Waals surface area contributed by atoms with Gasteiger partial charge in [0.1, 0.15) is 5.78 Å². The van der Waals surface area contributed by atoms with E-state index < -0.39 is 0 Å². The molecule has 0 bridgehead atoms. The Bertz CT molecular complexity index is 179. The van der Waals surface area contributed by atoms with Crippen LogP contribution >= 0.6 is 0 Å². The maximum absolute atomic E-state index is 11.1. The van der Waals surface area contributed by atoms with Crippen molar-refractivity contribution in [1.82, 2.24) is 5.06 Å². The summed E-state index contributed by atoms with van der Waals surface area (Å²) in [5.74, 6) is -0.386. The Balaban J connectivity index is 3.92. The Morgan fingerprint density at radius 2 is 2.00 bits per heavy atom. The molecule has 0 aliphatic carbocycles. The predicted molar refractivity (Wildman–Crippen MR) is 44.2 cm³/mol. The van der Waals surface area contributed by atoms with Gasteiger partial charge in [-0.15, -0.1) is 0 Å². The summed E-state index contributed by atoms with van der Waals surface area (Å²) in [6, 6.07) is 0. The highest BCUT2D eigenvalue weighted by Gasteiger charge is 2.15. The van der Waals surface area contributed by atoms with Crippen molar-refractivity contribution in [2.24, 2.45) is 5.92 Å². The number of nitrogens with zero attached hydrogens (tertiary/aromatic N) is 1. The summed E-state index contributed by atoms with van der Waals surface area (Å²) in [7, 11) is 2.94. The summed E-state index contributed by atoms with van der Waals surface area (Å²) in [5.41, 5.74) is 0. The predicted octanol–water partition coefficient (Wildman–Crippen LogP) is 0.621. The molecule has 70 valence electrons. The summed E-state index contributed by atoms with van der Waals surface area (Å²) >= 11 is 0. The van der Waals surface area contributed by atoms with E-state index in [1.54, 1.807) is 6.92 Å². The van der Waals surface area contributed by atoms with Crippen molar-refractivity contribution in [1.29, 1.82) is 0 Å². The third-order valence-corrected chi connectivity index (χ3v) is 1.80. The van der Waals surface area contributed by atoms with Crippen molar-refractivity contribution in [3.05, 3.63) is 0 Å². The Morgan fingerprint density at radius 3 is 2.33 bits per heavy atom. The van der Waals surface area contributed by atoms with Crippen LogP contribution in [0, 0.1) is 5.92 Å². The molecule has 0 aromatic rings. The van der Waals surface area contributed by atoms with Crippen LogP contribution in [-0.2, 0) is 14.4 Å². The highest BCUT2D eigenvalue weighted by atomic mass is 16.7. The van der Waals surface area contributed by atoms with Crippen LogP contribution in [0.5, 0.6) is 0 Å². The molecule has 4 nitrogen and oxygen atoms in total. The highest BCUT2D eigenvalue weighted by Crippen LogP contribution is 2.05. The molecule has 0 aromatic carbocycles. The molecule has 0 saturated heterocycles. The lowest BCUT2D eigenvalue weighted by atomic mass is 10.0. The Morgan fingerprint density at radius 1 is 1.50 bits per heavy atom. The smallest absolute Gasteiger partial charge is 0.246 e. The number of amides is 1. The summed E-state index contributed by atoms with van der Waals surface area (Å²) in [6.45, 7) is 3.20. The van der Waals surface area contributed by atoms with E-state index in [4.69, 9.17) is 0 Å². The molecule has 0 aliphatic heterocycles. The summed E-state index contributed by atoms with van der Waals surface area (Å²) in [4.78, 5) is 26.6. The molecule has 0 heterocycles. The number of hydrogen-bond donors (Lipinski definition) is 0. The van der Waals surface area contributed by atoms with Crippen molar-refractivity contribution in [2.45, 2.75) is 20.3 Å². The van der Waals surface area contributed by atoms with Crippen LogP contribution in [0.15, 0.2) is 0 Å². The minimum absolute atomic E-state index is 0.0212. The van der Waals surface area contributed by atoms with E-state index in [9.17, 15) is 9.59 Å². The maximum atomic E-state index is 11.1. The fourth-order valence-corrected chi connectivity index (χ4v) is 0.636. The van der Waals surface area contributed by atoms with Gasteiger partial charge in [0.05, 0.1) is 7.11 Å². The normalized spacial score (nSPS) is 12.3. The fraction of sp³-hybridized carbons (Fsp3) is 0.750. The van der Waals surface area contributed by atoms with Crippen molar-refractivity contribution >= 4 is 11.7 Å². The standard InChI is InChI=1S/C8H15NO3/c1-6(7(2)10)5-8(11)9(3)12-4/h6H,5H2,1-4H3. The molecule has 0 saturated carbocycles. The molecule has 0 fully saturated rings. The van der Waals surface area contributed by atoms with Crippen molar-refractivity contribution in [2.75, 3.05) is 14.2 Å². The van der Waals surface area contributed by atoms with Crippen LogP contribution in [0.1, 0.15) is 20.3 Å². The van der Waals surface area contributed by atoms with Gasteiger partial charge in [-0.05, 0) is 6.92 Å². The molecule has 0 rings (SSSR count). The van der Waals surface area contributed by atoms with Crippen LogP contribution in [0.2, 0.25) is 0 Å². The summed E-state index contributed by atoms with van der Waals surface area (Å²) in [6.07, 6.45) is 0.208. The zero-order chi connectivity index (χ0) is 9.72. The van der Waals surface area contributed by atoms with E-state index in [-0.39, 0.29) is 24.0 Å². The number of Topliss-reactive ketones (excluding diaryl/α,β-unsaturated/α-hetero) is 1. The van der Waals surface area contributed by atoms with Gasteiger partial charge in [-0.1, -0.05) is 6.92 Å². The summed E-state index contributed by atoms with van der Waals surface area (Å²) in [5, 5.41) is 1.12. The van der Waals surface area contributed by atoms with Crippen LogP contribution in [0.3, 0.4) is 0 Å². The van der Waals surface area contributed by atoms with Crippen molar-refractivity contribution < 1.29 is 14.4 Å². The van der Waals surface area contributed by atoms with Crippen LogP contribution < -0.4 is 0 Å². The van der Waals surface area contributed by atoms with Gasteiger partial charge in [0.15, 0.2) is 0 Å². The van der Waals surface area contributed by atoms with Gasteiger partial charge in [-0.2, -0.15) is 0 Å². The van der Waals surface area contributed by atoms with E-state index in [2.05, 4.69) is 4.84 Å². The second-order valence-electron chi connectivity index (χ2n) is 2.79. The van der Waals surface area contributed by atoms with Gasteiger partial charge in [-0.25, -0.2) is 5.06 Å². The number of carbonyl (C=O) groups is 2. The zero-order valence-electron chi connectivity index (χ0n) is 7.96. The minimum Gasteiger partial charge on any atom is -0.300 e. The Kier molecular flexibility index (Phi) is 4.51. The number of hydrogen-bond acceptors (Lipinski definition) is 3. The number of ketones is 1. The van der Waals surface area contributed by atoms with Crippen molar-refractivity contribution in [3.63, 3.8) is 0 Å². The minimum atomic E-state index is -0.227. The monoisotopic (exact) mass is 173 g/mol. The SMILES string of the molecule is CON(C)C(=O)CC(C)C(C)=O. The lowest BCUT2D eigenvalue weighted by Gasteiger charge is -2.15. The van der Waals surface area contributed by atoms with Gasteiger partial charge < -0.3 is 0 Å². The van der Waals surface area contributed by atoms with Gasteiger partial charge in [0.25, 0.3) is 0 Å². The average molecular weight is 173 g/mol. The van der Waals surface area contributed by atoms with E-state index in [1.165, 1.54) is 21.1 Å². The lowest BCUT2D eigenvalue weighted by Crippen LogP contribution is -2.28. The third-order valence-electron chi connectivity index (χ3n) is 1.80. The lowest BCUT2D eigenvalue weighted by molar-refractivity contribution is -0.170. The second-order valence-corrected chi connectivity index (χ2v) is 2.79. The molecule has 0 aromatic heterocycles. The molecule has 0 N–H and O–H groups in total. The first-order chi connectivity index (χ1) is 5.49. The Hall–Kier alpha value is -0.900. The zero-order valence-corrected chi connectivity index (χ0v) is 7.96. The third kappa shape index (κ3) is 3.48. The fourth-order valence-electron chi connectivity index (χ4n) is 0.636. The van der Waals surface area contributed by atoms with E-state index >= 15 is 0 Å². The number of rotatable bonds is 4. The van der Waals surface area contributed by atoms with Crippen molar-refractivity contribution in [3.8, 4) is 0 Å². The highest BCUT2D eigenvalue weighted by molar-refractivity contribution is 5.84. The summed E-state index contributed by atoms with van der Waals surface area (Å²) < 4.78 is 0. The first kappa shape index (κ1) is 11.1. The number of carbonyl (C=O) groups excluding carboxylic acids is 2. The molecular weight excluding hydrogens is 158 g/mol. The quantitative estimate of drug-likeness (QED) is 0.585. The van der Waals surface area contributed by atoms with Crippen LogP contribution in [0.25, 0.3) is 0 Å². The molecule has 0 spiro atoms. The van der Waals surface area contributed by atoms with Gasteiger partial charge in [0, 0.05) is 19.4 Å². The van der Waals surface area contributed by atoms with E-state index in [1.807, 2.05) is 0 Å². The van der Waals surface area contributed by atoms with Gasteiger partial charge in [0.2, 0.25) is 5.91 Å². The average Bonchev–Trinajstić information content (AvgIpc) is 2.02. The van der Waals surface area contributed by atoms with Crippen LogP contribution in [0.4, 0.5) is 0 Å². The molecule has 4 heteroatoms. The number of hydroxylamine groups is 2. The van der Waals surface area contributed by atoms with E-state index in [0.29, 0.717) is 0 Å². The molecule has 0 aliphatic rings. The molecular formula is C8H15NO3. The molecule has 1 atom stereocenters.